The molecule has 7 heteroatoms. The highest BCUT2D eigenvalue weighted by Crippen LogP contribution is 2.60. The molecule has 0 amide bonds. The SMILES string of the molecule is CCOP(=O)(OCC)C(Nc1ccc(F)cc1)c1ccc(O)cc1. The Bertz CT molecular complexity index is 681. The Morgan fingerprint density at radius 2 is 1.58 bits per heavy atom. The zero-order valence-electron chi connectivity index (χ0n) is 13.6. The number of hydrogen-bond donors (Lipinski definition) is 2. The molecule has 0 saturated heterocycles. The Morgan fingerprint density at radius 3 is 2.08 bits per heavy atom. The van der Waals surface area contributed by atoms with E-state index in [-0.39, 0.29) is 24.8 Å². The predicted octanol–water partition coefficient (Wildman–Crippen LogP) is 4.91. The lowest BCUT2D eigenvalue weighted by atomic mass is 10.2. The number of phenolic OH excluding ortho intramolecular Hbond substituents is 1. The van der Waals surface area contributed by atoms with Crippen molar-refractivity contribution in [3.05, 3.63) is 59.9 Å². The van der Waals surface area contributed by atoms with Crippen LogP contribution in [0.2, 0.25) is 0 Å². The van der Waals surface area contributed by atoms with Crippen LogP contribution in [0.15, 0.2) is 48.5 Å². The molecular formula is C17H21FNO4P. The molecule has 0 aromatic heterocycles. The quantitative estimate of drug-likeness (QED) is 0.660. The van der Waals surface area contributed by atoms with Crippen LogP contribution in [-0.2, 0) is 13.6 Å². The van der Waals surface area contributed by atoms with Crippen LogP contribution in [0.5, 0.6) is 5.75 Å². The van der Waals surface area contributed by atoms with Crippen LogP contribution in [-0.4, -0.2) is 18.3 Å². The van der Waals surface area contributed by atoms with E-state index in [2.05, 4.69) is 5.32 Å². The van der Waals surface area contributed by atoms with E-state index in [0.29, 0.717) is 11.3 Å². The first-order valence-corrected chi connectivity index (χ1v) is 9.29. The average Bonchev–Trinajstić information content (AvgIpc) is 2.56. The topological polar surface area (TPSA) is 67.8 Å². The zero-order chi connectivity index (χ0) is 17.6. The van der Waals surface area contributed by atoms with Crippen molar-refractivity contribution >= 4 is 13.3 Å². The first kappa shape index (κ1) is 18.5. The molecule has 0 aliphatic rings. The van der Waals surface area contributed by atoms with Crippen molar-refractivity contribution in [1.29, 1.82) is 0 Å². The summed E-state index contributed by atoms with van der Waals surface area (Å²) < 4.78 is 37.2. The van der Waals surface area contributed by atoms with Crippen molar-refractivity contribution < 1.29 is 23.1 Å². The second-order valence-electron chi connectivity index (χ2n) is 5.02. The molecule has 0 saturated carbocycles. The van der Waals surface area contributed by atoms with Gasteiger partial charge in [-0.3, -0.25) is 4.57 Å². The van der Waals surface area contributed by atoms with Crippen LogP contribution >= 0.6 is 7.60 Å². The summed E-state index contributed by atoms with van der Waals surface area (Å²) >= 11 is 0. The molecule has 5 nitrogen and oxygen atoms in total. The van der Waals surface area contributed by atoms with Crippen LogP contribution in [0, 0.1) is 5.82 Å². The van der Waals surface area contributed by atoms with Crippen molar-refractivity contribution in [3.63, 3.8) is 0 Å². The number of phenols is 1. The maximum atomic E-state index is 13.2. The molecule has 0 heterocycles. The highest BCUT2D eigenvalue weighted by atomic mass is 31.2. The lowest BCUT2D eigenvalue weighted by Gasteiger charge is -2.28. The lowest BCUT2D eigenvalue weighted by Crippen LogP contribution is -2.15. The van der Waals surface area contributed by atoms with Gasteiger partial charge in [-0.05, 0) is 55.8 Å². The number of nitrogens with one attached hydrogen (secondary N) is 1. The van der Waals surface area contributed by atoms with Gasteiger partial charge in [-0.25, -0.2) is 4.39 Å². The minimum Gasteiger partial charge on any atom is -0.508 e. The number of hydrogen-bond acceptors (Lipinski definition) is 5. The molecule has 130 valence electrons. The number of aromatic hydroxyl groups is 1. The van der Waals surface area contributed by atoms with E-state index < -0.39 is 13.4 Å². The third kappa shape index (κ3) is 4.57. The van der Waals surface area contributed by atoms with Gasteiger partial charge < -0.3 is 19.5 Å². The zero-order valence-corrected chi connectivity index (χ0v) is 14.5. The van der Waals surface area contributed by atoms with Crippen LogP contribution in [0.4, 0.5) is 10.1 Å². The van der Waals surface area contributed by atoms with Gasteiger partial charge in [-0.1, -0.05) is 12.1 Å². The van der Waals surface area contributed by atoms with Crippen LogP contribution < -0.4 is 5.32 Å². The van der Waals surface area contributed by atoms with E-state index in [4.69, 9.17) is 9.05 Å². The minimum absolute atomic E-state index is 0.0990. The van der Waals surface area contributed by atoms with Gasteiger partial charge in [0.15, 0.2) is 5.78 Å². The maximum absolute atomic E-state index is 13.2. The van der Waals surface area contributed by atoms with E-state index in [9.17, 15) is 14.1 Å². The predicted molar refractivity (Wildman–Crippen MR) is 91.7 cm³/mol. The van der Waals surface area contributed by atoms with Gasteiger partial charge in [0.1, 0.15) is 11.6 Å². The molecule has 24 heavy (non-hydrogen) atoms. The summed E-state index contributed by atoms with van der Waals surface area (Å²) in [4.78, 5) is 0. The minimum atomic E-state index is -3.53. The molecular weight excluding hydrogens is 332 g/mol. The van der Waals surface area contributed by atoms with Crippen molar-refractivity contribution in [2.45, 2.75) is 19.6 Å². The summed E-state index contributed by atoms with van der Waals surface area (Å²) in [6, 6.07) is 12.0. The van der Waals surface area contributed by atoms with Crippen molar-refractivity contribution in [2.24, 2.45) is 0 Å². The van der Waals surface area contributed by atoms with E-state index in [1.54, 1.807) is 38.1 Å². The number of halogens is 1. The standard InChI is InChI=1S/C17H21FNO4P/c1-3-22-24(21,23-4-2)17(13-5-11-16(20)12-6-13)19-15-9-7-14(18)8-10-15/h5-12,17,19-20H,3-4H2,1-2H3. The smallest absolute Gasteiger partial charge is 0.357 e. The molecule has 2 aromatic rings. The molecule has 0 fully saturated rings. The van der Waals surface area contributed by atoms with Crippen molar-refractivity contribution in [2.75, 3.05) is 18.5 Å². The van der Waals surface area contributed by atoms with E-state index in [0.717, 1.165) is 0 Å². The molecule has 2 aromatic carbocycles. The fourth-order valence-electron chi connectivity index (χ4n) is 2.25. The summed E-state index contributed by atoms with van der Waals surface area (Å²) in [5.74, 6) is -1.05. The van der Waals surface area contributed by atoms with Crippen LogP contribution in [0.25, 0.3) is 0 Å². The largest absolute Gasteiger partial charge is 0.508 e. The van der Waals surface area contributed by atoms with Gasteiger partial charge in [0.05, 0.1) is 13.2 Å². The Morgan fingerprint density at radius 1 is 1.04 bits per heavy atom. The Hall–Kier alpha value is -1.88. The third-order valence-electron chi connectivity index (χ3n) is 3.29. The summed E-state index contributed by atoms with van der Waals surface area (Å²) in [6.07, 6.45) is 0. The average molecular weight is 353 g/mol. The van der Waals surface area contributed by atoms with E-state index >= 15 is 0 Å². The fourth-order valence-corrected chi connectivity index (χ4v) is 4.19. The molecule has 2 N–H and O–H groups in total. The highest BCUT2D eigenvalue weighted by Gasteiger charge is 2.37. The summed E-state index contributed by atoms with van der Waals surface area (Å²) in [5, 5.41) is 12.6. The number of benzene rings is 2. The highest BCUT2D eigenvalue weighted by molar-refractivity contribution is 7.54. The normalized spacial score (nSPS) is 12.8. The lowest BCUT2D eigenvalue weighted by molar-refractivity contribution is 0.214. The number of anilines is 1. The summed E-state index contributed by atoms with van der Waals surface area (Å²) in [6.45, 7) is 3.91. The molecule has 1 atom stereocenters. The molecule has 0 aliphatic heterocycles. The first-order valence-electron chi connectivity index (χ1n) is 7.68. The number of rotatable bonds is 8. The monoisotopic (exact) mass is 353 g/mol. The second-order valence-corrected chi connectivity index (χ2v) is 7.13. The Balaban J connectivity index is 2.41. The van der Waals surface area contributed by atoms with Gasteiger partial charge in [-0.2, -0.15) is 0 Å². The van der Waals surface area contributed by atoms with Gasteiger partial charge >= 0.3 is 7.60 Å². The molecule has 0 bridgehead atoms. The van der Waals surface area contributed by atoms with Gasteiger partial charge in [0.2, 0.25) is 0 Å². The first-order chi connectivity index (χ1) is 11.5. The summed E-state index contributed by atoms with van der Waals surface area (Å²) in [5.41, 5.74) is 1.21. The molecule has 0 spiro atoms. The fraction of sp³-hybridized carbons (Fsp3) is 0.294. The molecule has 1 unspecified atom stereocenters. The third-order valence-corrected chi connectivity index (χ3v) is 5.59. The van der Waals surface area contributed by atoms with Crippen LogP contribution in [0.3, 0.4) is 0 Å². The molecule has 2 rings (SSSR count). The maximum Gasteiger partial charge on any atom is 0.357 e. The van der Waals surface area contributed by atoms with E-state index in [1.807, 2.05) is 0 Å². The van der Waals surface area contributed by atoms with Gasteiger partial charge in [-0.15, -0.1) is 0 Å². The van der Waals surface area contributed by atoms with Crippen LogP contribution in [0.1, 0.15) is 25.2 Å². The van der Waals surface area contributed by atoms with Crippen molar-refractivity contribution in [3.8, 4) is 5.75 Å². The molecule has 0 aliphatic carbocycles. The second kappa shape index (κ2) is 8.29. The van der Waals surface area contributed by atoms with Gasteiger partial charge in [0.25, 0.3) is 0 Å². The molecule has 0 radical (unpaired) electrons. The Kier molecular flexibility index (Phi) is 6.37. The Labute approximate surface area is 141 Å². The van der Waals surface area contributed by atoms with Gasteiger partial charge in [0, 0.05) is 5.69 Å². The van der Waals surface area contributed by atoms with E-state index in [1.165, 1.54) is 24.3 Å². The summed E-state index contributed by atoms with van der Waals surface area (Å²) in [7, 11) is -3.53. The van der Waals surface area contributed by atoms with Crippen molar-refractivity contribution in [1.82, 2.24) is 0 Å².